The van der Waals surface area contributed by atoms with Gasteiger partial charge in [-0.1, -0.05) is 25.1 Å². The Balaban J connectivity index is 2.02. The number of amides is 2. The predicted molar refractivity (Wildman–Crippen MR) is 119 cm³/mol. The normalized spacial score (nSPS) is 21.8. The largest absolute Gasteiger partial charge is 0.465 e. The number of para-hydroxylation sites is 1. The molecule has 0 spiro atoms. The number of rotatable bonds is 13. The molecule has 2 rings (SSSR count). The monoisotopic (exact) mass is 483 g/mol. The van der Waals surface area contributed by atoms with E-state index in [-0.39, 0.29) is 31.6 Å². The van der Waals surface area contributed by atoms with Gasteiger partial charge in [0.15, 0.2) is 0 Å². The summed E-state index contributed by atoms with van der Waals surface area (Å²) in [4.78, 5) is 35.9. The number of ether oxygens (including phenoxy) is 2. The average molecular weight is 483 g/mol. The van der Waals surface area contributed by atoms with Crippen LogP contribution in [0.3, 0.4) is 0 Å². The molecule has 1 aliphatic heterocycles. The Labute approximate surface area is 193 Å². The number of nitrogens with zero attached hydrogens (tertiary/aromatic N) is 1. The molecule has 0 aliphatic carbocycles. The zero-order chi connectivity index (χ0) is 24.3. The van der Waals surface area contributed by atoms with Crippen LogP contribution < -0.4 is 14.9 Å². The Bertz CT molecular complexity index is 866. The van der Waals surface area contributed by atoms with Crippen LogP contribution >= 0.6 is 7.75 Å². The number of nitrogens with one attached hydrogen (secondary N) is 2. The minimum Gasteiger partial charge on any atom is -0.465 e. The van der Waals surface area contributed by atoms with Crippen LogP contribution in [0.5, 0.6) is 5.75 Å². The lowest BCUT2D eigenvalue weighted by Gasteiger charge is -2.24. The van der Waals surface area contributed by atoms with Gasteiger partial charge in [-0.3, -0.25) is 23.8 Å². The van der Waals surface area contributed by atoms with Gasteiger partial charge in [0.05, 0.1) is 19.3 Å². The van der Waals surface area contributed by atoms with E-state index in [1.165, 1.54) is 24.2 Å². The smallest absolute Gasteiger partial charge is 0.459 e. The van der Waals surface area contributed by atoms with Gasteiger partial charge in [0.25, 0.3) is 0 Å². The molecule has 0 saturated carbocycles. The standard InChI is InChI=1S/C21H30N3O8P/c1-4-29-20(27)13-23-33(28,32-17-8-6-5-7-9-17)30-14-18-12-16(2)21(31-18)24(15-25)11-10-19(26)22-3/h5-11,15-16,18,21H,4,12-14H2,1-3H3,(H,22,26)(H,23,28)/b11-10-. The van der Waals surface area contributed by atoms with Crippen molar-refractivity contribution in [1.29, 1.82) is 0 Å². The highest BCUT2D eigenvalue weighted by Crippen LogP contribution is 2.45. The maximum atomic E-state index is 13.3. The van der Waals surface area contributed by atoms with Crippen molar-refractivity contribution in [2.24, 2.45) is 5.92 Å². The molecule has 1 heterocycles. The predicted octanol–water partition coefficient (Wildman–Crippen LogP) is 1.81. The highest BCUT2D eigenvalue weighted by molar-refractivity contribution is 7.52. The van der Waals surface area contributed by atoms with E-state index in [2.05, 4.69) is 10.4 Å². The van der Waals surface area contributed by atoms with Crippen molar-refractivity contribution in [3.8, 4) is 5.75 Å². The number of hydrogen-bond acceptors (Lipinski definition) is 8. The second-order valence-electron chi connectivity index (χ2n) is 7.18. The summed E-state index contributed by atoms with van der Waals surface area (Å²) in [7, 11) is -2.47. The fourth-order valence-electron chi connectivity index (χ4n) is 3.09. The van der Waals surface area contributed by atoms with Crippen LogP contribution in [0.4, 0.5) is 0 Å². The zero-order valence-electron chi connectivity index (χ0n) is 18.8. The first kappa shape index (κ1) is 26.5. The summed E-state index contributed by atoms with van der Waals surface area (Å²) in [6, 6.07) is 8.39. The molecule has 1 saturated heterocycles. The number of carbonyl (C=O) groups excluding carboxylic acids is 3. The molecule has 1 aliphatic rings. The van der Waals surface area contributed by atoms with Gasteiger partial charge in [0.1, 0.15) is 18.5 Å². The van der Waals surface area contributed by atoms with Gasteiger partial charge in [0, 0.05) is 25.2 Å². The van der Waals surface area contributed by atoms with Gasteiger partial charge in [-0.15, -0.1) is 0 Å². The minimum atomic E-state index is -3.95. The minimum absolute atomic E-state index is 0.0833. The van der Waals surface area contributed by atoms with Crippen molar-refractivity contribution in [3.05, 3.63) is 42.6 Å². The number of carbonyl (C=O) groups is 3. The van der Waals surface area contributed by atoms with Crippen LogP contribution in [0, 0.1) is 5.92 Å². The highest BCUT2D eigenvalue weighted by atomic mass is 31.2. The molecule has 0 bridgehead atoms. The number of benzene rings is 1. The molecule has 0 radical (unpaired) electrons. The first-order chi connectivity index (χ1) is 15.8. The molecule has 1 aromatic carbocycles. The van der Waals surface area contributed by atoms with Crippen molar-refractivity contribution in [1.82, 2.24) is 15.3 Å². The van der Waals surface area contributed by atoms with Crippen LogP contribution in [0.2, 0.25) is 0 Å². The van der Waals surface area contributed by atoms with Crippen molar-refractivity contribution in [3.63, 3.8) is 0 Å². The first-order valence-corrected chi connectivity index (χ1v) is 12.0. The number of hydrogen-bond donors (Lipinski definition) is 2. The Kier molecular flexibility index (Phi) is 10.5. The Morgan fingerprint density at radius 1 is 1.30 bits per heavy atom. The van der Waals surface area contributed by atoms with E-state index in [0.717, 1.165) is 0 Å². The van der Waals surface area contributed by atoms with E-state index in [0.29, 0.717) is 18.6 Å². The molecular formula is C21H30N3O8P. The summed E-state index contributed by atoms with van der Waals surface area (Å²) >= 11 is 0. The van der Waals surface area contributed by atoms with Crippen molar-refractivity contribution in [2.75, 3.05) is 26.8 Å². The summed E-state index contributed by atoms with van der Waals surface area (Å²) < 4.78 is 35.1. The van der Waals surface area contributed by atoms with Gasteiger partial charge in [-0.05, 0) is 25.5 Å². The lowest BCUT2D eigenvalue weighted by atomic mass is 10.1. The molecule has 182 valence electrons. The Morgan fingerprint density at radius 3 is 2.67 bits per heavy atom. The molecule has 2 N–H and O–H groups in total. The lowest BCUT2D eigenvalue weighted by Crippen LogP contribution is -2.34. The third kappa shape index (κ3) is 8.62. The van der Waals surface area contributed by atoms with E-state index in [9.17, 15) is 18.9 Å². The van der Waals surface area contributed by atoms with Gasteiger partial charge in [-0.2, -0.15) is 0 Å². The molecule has 1 fully saturated rings. The lowest BCUT2D eigenvalue weighted by molar-refractivity contribution is -0.141. The van der Waals surface area contributed by atoms with Crippen LogP contribution in [0.1, 0.15) is 20.3 Å². The average Bonchev–Trinajstić information content (AvgIpc) is 3.18. The third-order valence-electron chi connectivity index (χ3n) is 4.63. The molecule has 1 aromatic rings. The topological polar surface area (TPSA) is 132 Å². The molecule has 0 aromatic heterocycles. The molecule has 4 atom stereocenters. The second kappa shape index (κ2) is 13.1. The van der Waals surface area contributed by atoms with E-state index < -0.39 is 26.0 Å². The molecule has 11 nitrogen and oxygen atoms in total. The summed E-state index contributed by atoms with van der Waals surface area (Å²) in [6.45, 7) is 3.24. The van der Waals surface area contributed by atoms with E-state index >= 15 is 0 Å². The summed E-state index contributed by atoms with van der Waals surface area (Å²) in [5.74, 6) is -0.755. The third-order valence-corrected chi connectivity index (χ3v) is 6.12. The van der Waals surface area contributed by atoms with Crippen molar-refractivity contribution >= 4 is 26.0 Å². The highest BCUT2D eigenvalue weighted by Gasteiger charge is 2.38. The second-order valence-corrected chi connectivity index (χ2v) is 8.93. The molecule has 12 heteroatoms. The SMILES string of the molecule is CCOC(=O)CNP(=O)(OCC1CC(C)C(N(C=O)/C=C\C(=O)NC)O1)Oc1ccccc1. The maximum Gasteiger partial charge on any atom is 0.459 e. The fraction of sp³-hybridized carbons (Fsp3) is 0.476. The number of esters is 1. The molecule has 2 amide bonds. The van der Waals surface area contributed by atoms with Crippen LogP contribution in [-0.4, -0.2) is 62.3 Å². The summed E-state index contributed by atoms with van der Waals surface area (Å²) in [5, 5.41) is 4.93. The van der Waals surface area contributed by atoms with Gasteiger partial charge >= 0.3 is 13.7 Å². The van der Waals surface area contributed by atoms with Gasteiger partial charge < -0.3 is 19.3 Å². The molecule has 4 unspecified atom stereocenters. The Hall–Kier alpha value is -2.72. The van der Waals surface area contributed by atoms with E-state index in [1.807, 2.05) is 6.92 Å². The maximum absolute atomic E-state index is 13.3. The van der Waals surface area contributed by atoms with Crippen LogP contribution in [0.25, 0.3) is 0 Å². The van der Waals surface area contributed by atoms with Gasteiger partial charge in [-0.25, -0.2) is 9.65 Å². The van der Waals surface area contributed by atoms with Crippen molar-refractivity contribution < 1.29 is 37.5 Å². The van der Waals surface area contributed by atoms with Crippen molar-refractivity contribution in [2.45, 2.75) is 32.6 Å². The van der Waals surface area contributed by atoms with Crippen LogP contribution in [-0.2, 0) is 32.9 Å². The van der Waals surface area contributed by atoms with E-state index in [1.54, 1.807) is 37.3 Å². The summed E-state index contributed by atoms with van der Waals surface area (Å²) in [5.41, 5.74) is 0. The number of likely N-dealkylation sites (N-methyl/N-ethyl adjacent to an activating group) is 1. The molecular weight excluding hydrogens is 453 g/mol. The van der Waals surface area contributed by atoms with Crippen LogP contribution in [0.15, 0.2) is 42.6 Å². The van der Waals surface area contributed by atoms with Gasteiger partial charge in [0.2, 0.25) is 12.3 Å². The molecule has 33 heavy (non-hydrogen) atoms. The summed E-state index contributed by atoms with van der Waals surface area (Å²) in [6.07, 6.45) is 2.49. The first-order valence-electron chi connectivity index (χ1n) is 10.5. The fourth-order valence-corrected chi connectivity index (χ4v) is 4.38. The zero-order valence-corrected chi connectivity index (χ0v) is 19.7. The quantitative estimate of drug-likeness (QED) is 0.187. The Morgan fingerprint density at radius 2 is 2.03 bits per heavy atom. The van der Waals surface area contributed by atoms with E-state index in [4.69, 9.17) is 18.5 Å².